The Hall–Kier alpha value is -4.51. The average molecular weight is 788 g/mol. The summed E-state index contributed by atoms with van der Waals surface area (Å²) in [5.74, 6) is 0.300. The molecule has 2 aliphatic heterocycles. The number of methoxy groups -OCH3 is 2. The highest BCUT2D eigenvalue weighted by Gasteiger charge is 2.53. The third-order valence-electron chi connectivity index (χ3n) is 9.85. The Balaban J connectivity index is 0.000000217. The molecule has 2 saturated carbocycles. The van der Waals surface area contributed by atoms with Gasteiger partial charge < -0.3 is 34.1 Å². The number of rotatable bonds is 9. The zero-order chi connectivity index (χ0) is 39.6. The molecule has 0 saturated heterocycles. The van der Waals surface area contributed by atoms with E-state index in [1.165, 1.54) is 20.3 Å². The number of aryl methyl sites for hydroxylation is 2. The Morgan fingerprint density at radius 3 is 1.70 bits per heavy atom. The van der Waals surface area contributed by atoms with Gasteiger partial charge in [-0.3, -0.25) is 0 Å². The molecule has 6 rings (SSSR count). The van der Waals surface area contributed by atoms with Gasteiger partial charge in [0, 0.05) is 34.3 Å². The average Bonchev–Trinajstić information content (AvgIpc) is 3.93. The van der Waals surface area contributed by atoms with E-state index in [0.29, 0.717) is 84.3 Å². The van der Waals surface area contributed by atoms with Crippen LogP contribution in [-0.2, 0) is 41.4 Å². The first-order valence-corrected chi connectivity index (χ1v) is 19.0. The van der Waals surface area contributed by atoms with Crippen LogP contribution in [-0.4, -0.2) is 67.7 Å². The highest BCUT2D eigenvalue weighted by Crippen LogP contribution is 2.51. The van der Waals surface area contributed by atoms with Crippen LogP contribution in [0.5, 0.6) is 11.5 Å². The van der Waals surface area contributed by atoms with E-state index in [-0.39, 0.29) is 22.7 Å². The van der Waals surface area contributed by atoms with Gasteiger partial charge in [0.2, 0.25) is 6.08 Å². The van der Waals surface area contributed by atoms with Gasteiger partial charge in [-0.15, -0.1) is 0 Å². The molecule has 2 heterocycles. The third kappa shape index (κ3) is 8.72. The zero-order valence-corrected chi connectivity index (χ0v) is 33.1. The van der Waals surface area contributed by atoms with E-state index in [1.807, 2.05) is 13.8 Å². The normalized spacial score (nSPS) is 17.6. The van der Waals surface area contributed by atoms with Gasteiger partial charge in [0.1, 0.15) is 22.6 Å². The Morgan fingerprint density at radius 1 is 0.815 bits per heavy atom. The Bertz CT molecular complexity index is 1800. The number of carbonyl (C=O) groups excluding carboxylic acids is 4. The first kappa shape index (κ1) is 42.2. The lowest BCUT2D eigenvalue weighted by Gasteiger charge is -2.24. The second-order valence-electron chi connectivity index (χ2n) is 13.1. The van der Waals surface area contributed by atoms with E-state index in [4.69, 9.17) is 51.7 Å². The quantitative estimate of drug-likeness (QED) is 0.109. The number of ether oxygens (including phenoxy) is 5. The number of hydrogen-bond donors (Lipinski definition) is 2. The number of esters is 2. The molecule has 2 aliphatic carbocycles. The van der Waals surface area contributed by atoms with Crippen LogP contribution in [0.3, 0.4) is 0 Å². The maximum atomic E-state index is 12.9. The fourth-order valence-corrected chi connectivity index (χ4v) is 7.86. The summed E-state index contributed by atoms with van der Waals surface area (Å²) in [6.07, 6.45) is 8.41. The van der Waals surface area contributed by atoms with Gasteiger partial charge in [0.15, 0.2) is 22.7 Å². The summed E-state index contributed by atoms with van der Waals surface area (Å²) in [7, 11) is 3.04. The molecule has 4 aliphatic rings. The number of nitrogens with one attached hydrogen (secondary N) is 1. The molecule has 292 valence electrons. The molecule has 12 nitrogen and oxygen atoms in total. The van der Waals surface area contributed by atoms with Crippen molar-refractivity contribution in [2.45, 2.75) is 103 Å². The molecular formula is C40H48Cl2N2O10. The van der Waals surface area contributed by atoms with Crippen molar-refractivity contribution in [1.29, 1.82) is 0 Å². The topological polar surface area (TPSA) is 159 Å². The number of hydrogen-bond acceptors (Lipinski definition) is 11. The highest BCUT2D eigenvalue weighted by atomic mass is 35.5. The Kier molecular flexibility index (Phi) is 14.6. The summed E-state index contributed by atoms with van der Waals surface area (Å²) < 4.78 is 27.9. The number of amides is 1. The number of carbonyl (C=O) groups is 3. The lowest BCUT2D eigenvalue weighted by Crippen LogP contribution is -2.33. The molecule has 54 heavy (non-hydrogen) atoms. The van der Waals surface area contributed by atoms with Gasteiger partial charge in [0.05, 0.1) is 14.2 Å². The van der Waals surface area contributed by atoms with Gasteiger partial charge in [-0.25, -0.2) is 24.2 Å². The maximum absolute atomic E-state index is 12.9. The standard InChI is InChI=1S/C20H24ClNO5.C17H19ClO4.C3H5NO/c1-4-12-10-13(21)11-14(25-3)15(12)16-17(26-19(24)22-5-2)20(27-18(16)23)8-6-7-9-20;1-3-10-8-11(18)9-12(21-2)13(10)14-15(19)17(22-16(14)20)6-4-5-7-17;1-2-4-3-5/h10-11H,4-9H2,1-3H3,(H,22,24);8-9,19H,3-7H2,1-2H3;2H2,1H3. The molecule has 1 amide bonds. The van der Waals surface area contributed by atoms with Crippen molar-refractivity contribution in [2.75, 3.05) is 27.3 Å². The largest absolute Gasteiger partial charge is 0.507 e. The van der Waals surface area contributed by atoms with Crippen LogP contribution in [0.15, 0.2) is 40.8 Å². The lowest BCUT2D eigenvalue weighted by atomic mass is 9.91. The van der Waals surface area contributed by atoms with Crippen LogP contribution >= 0.6 is 23.2 Å². The van der Waals surface area contributed by atoms with Crippen molar-refractivity contribution in [3.05, 3.63) is 68.1 Å². The SMILES string of the molecule is CCN=C=O.CCNC(=O)OC1=C(c2c(CC)cc(Cl)cc2OC)C(=O)OC12CCCC2.CCc1cc(Cl)cc(OC)c1C1=C(O)C2(CCCC2)OC1=O. The number of aliphatic hydroxyl groups excluding tert-OH is 1. The number of isocyanates is 1. The van der Waals surface area contributed by atoms with Crippen LogP contribution in [0, 0.1) is 0 Å². The second kappa shape index (κ2) is 18.7. The van der Waals surface area contributed by atoms with E-state index >= 15 is 0 Å². The monoisotopic (exact) mass is 786 g/mol. The molecule has 14 heteroatoms. The number of halogens is 2. The zero-order valence-electron chi connectivity index (χ0n) is 31.6. The van der Waals surface area contributed by atoms with Crippen LogP contribution in [0.4, 0.5) is 4.79 Å². The number of aliphatic hydroxyl groups is 1. The summed E-state index contributed by atoms with van der Waals surface area (Å²) in [4.78, 5) is 49.8. The van der Waals surface area contributed by atoms with Crippen molar-refractivity contribution < 1.29 is 48.0 Å². The summed E-state index contributed by atoms with van der Waals surface area (Å²) in [5, 5.41) is 14.4. The van der Waals surface area contributed by atoms with Crippen LogP contribution < -0.4 is 14.8 Å². The molecular weight excluding hydrogens is 739 g/mol. The summed E-state index contributed by atoms with van der Waals surface area (Å²) in [6.45, 7) is 8.49. The van der Waals surface area contributed by atoms with Crippen molar-refractivity contribution >= 4 is 58.5 Å². The molecule has 0 unspecified atom stereocenters. The van der Waals surface area contributed by atoms with Crippen LogP contribution in [0.2, 0.25) is 10.0 Å². The fourth-order valence-electron chi connectivity index (χ4n) is 7.39. The second-order valence-corrected chi connectivity index (χ2v) is 14.0. The van der Waals surface area contributed by atoms with E-state index in [2.05, 4.69) is 10.3 Å². The molecule has 0 radical (unpaired) electrons. The van der Waals surface area contributed by atoms with E-state index in [0.717, 1.165) is 36.8 Å². The van der Waals surface area contributed by atoms with E-state index in [9.17, 15) is 19.5 Å². The number of aliphatic imine (C=N–C) groups is 1. The maximum Gasteiger partial charge on any atom is 0.412 e. The number of benzene rings is 2. The first-order chi connectivity index (χ1) is 25.9. The van der Waals surface area contributed by atoms with Gasteiger partial charge in [-0.1, -0.05) is 37.0 Å². The Labute approximate surface area is 325 Å². The van der Waals surface area contributed by atoms with Gasteiger partial charge in [-0.05, 0) is 113 Å². The predicted molar refractivity (Wildman–Crippen MR) is 205 cm³/mol. The highest BCUT2D eigenvalue weighted by molar-refractivity contribution is 6.31. The Morgan fingerprint density at radius 2 is 1.28 bits per heavy atom. The first-order valence-electron chi connectivity index (χ1n) is 18.3. The summed E-state index contributed by atoms with van der Waals surface area (Å²) in [6, 6.07) is 6.90. The molecule has 2 aromatic rings. The van der Waals surface area contributed by atoms with E-state index in [1.54, 1.807) is 38.1 Å². The van der Waals surface area contributed by atoms with Crippen LogP contribution in [0.1, 0.15) is 101 Å². The molecule has 0 bridgehead atoms. The van der Waals surface area contributed by atoms with Gasteiger partial charge >= 0.3 is 18.0 Å². The number of nitrogens with zero attached hydrogens (tertiary/aromatic N) is 1. The van der Waals surface area contributed by atoms with Crippen molar-refractivity contribution in [2.24, 2.45) is 4.99 Å². The molecule has 2 fully saturated rings. The van der Waals surface area contributed by atoms with Crippen molar-refractivity contribution in [1.82, 2.24) is 5.32 Å². The van der Waals surface area contributed by atoms with E-state index < -0.39 is 29.2 Å². The summed E-state index contributed by atoms with van der Waals surface area (Å²) >= 11 is 12.3. The lowest BCUT2D eigenvalue weighted by molar-refractivity contribution is -0.147. The minimum Gasteiger partial charge on any atom is -0.507 e. The van der Waals surface area contributed by atoms with Crippen LogP contribution in [0.25, 0.3) is 11.1 Å². The molecule has 2 N–H and O–H groups in total. The molecule has 2 spiro atoms. The number of alkyl carbamates (subject to hydrolysis) is 1. The van der Waals surface area contributed by atoms with Crippen molar-refractivity contribution in [3.8, 4) is 11.5 Å². The fraction of sp³-hybridized carbons (Fsp3) is 0.500. The predicted octanol–water partition coefficient (Wildman–Crippen LogP) is 8.63. The smallest absolute Gasteiger partial charge is 0.412 e. The molecule has 2 aromatic carbocycles. The minimum atomic E-state index is -0.882. The molecule has 0 atom stereocenters. The van der Waals surface area contributed by atoms with Crippen molar-refractivity contribution in [3.63, 3.8) is 0 Å². The van der Waals surface area contributed by atoms with Gasteiger partial charge in [-0.2, -0.15) is 0 Å². The third-order valence-corrected chi connectivity index (χ3v) is 10.3. The minimum absolute atomic E-state index is 0.0466. The molecule has 0 aromatic heterocycles. The van der Waals surface area contributed by atoms with Gasteiger partial charge in [0.25, 0.3) is 0 Å². The summed E-state index contributed by atoms with van der Waals surface area (Å²) in [5.41, 5.74) is 1.64.